The Morgan fingerprint density at radius 3 is 2.64 bits per heavy atom. The molecule has 1 aromatic rings. The zero-order chi connectivity index (χ0) is 19.9. The molecular formula is C19H27ClN4O4. The van der Waals surface area contributed by atoms with Crippen molar-refractivity contribution < 1.29 is 19.1 Å². The van der Waals surface area contributed by atoms with Crippen LogP contribution in [0.2, 0.25) is 5.02 Å². The number of halogens is 1. The van der Waals surface area contributed by atoms with Crippen molar-refractivity contribution in [3.8, 4) is 0 Å². The molecule has 0 aliphatic carbocycles. The Morgan fingerprint density at radius 1 is 1.21 bits per heavy atom. The van der Waals surface area contributed by atoms with Crippen LogP contribution >= 0.6 is 11.6 Å². The van der Waals surface area contributed by atoms with Crippen molar-refractivity contribution in [3.63, 3.8) is 0 Å². The van der Waals surface area contributed by atoms with Crippen LogP contribution in [0.5, 0.6) is 0 Å². The van der Waals surface area contributed by atoms with Crippen molar-refractivity contribution in [2.75, 3.05) is 56.7 Å². The summed E-state index contributed by atoms with van der Waals surface area (Å²) in [6.07, 6.45) is 1.01. The van der Waals surface area contributed by atoms with Gasteiger partial charge in [-0.3, -0.25) is 9.69 Å². The summed E-state index contributed by atoms with van der Waals surface area (Å²) in [5.41, 5.74) is 1.07. The number of carbonyl (C=O) groups is 2. The van der Waals surface area contributed by atoms with Gasteiger partial charge in [-0.1, -0.05) is 11.6 Å². The fourth-order valence-electron chi connectivity index (χ4n) is 3.62. The first-order valence-electron chi connectivity index (χ1n) is 9.54. The summed E-state index contributed by atoms with van der Waals surface area (Å²) in [5, 5.41) is 8.76. The normalized spacial score (nSPS) is 21.1. The number of nitrogens with zero attached hydrogens (tertiary/aromatic N) is 1. The molecule has 0 saturated carbocycles. The van der Waals surface area contributed by atoms with Crippen LogP contribution in [-0.4, -0.2) is 68.9 Å². The van der Waals surface area contributed by atoms with Crippen LogP contribution in [-0.2, 0) is 14.3 Å². The van der Waals surface area contributed by atoms with Gasteiger partial charge < -0.3 is 25.4 Å². The van der Waals surface area contributed by atoms with E-state index in [9.17, 15) is 9.59 Å². The van der Waals surface area contributed by atoms with E-state index in [1.165, 1.54) is 6.92 Å². The molecule has 154 valence electrons. The Kier molecular flexibility index (Phi) is 7.50. The molecule has 28 heavy (non-hydrogen) atoms. The third kappa shape index (κ3) is 5.81. The molecule has 0 aromatic heterocycles. The zero-order valence-corrected chi connectivity index (χ0v) is 16.8. The maximum absolute atomic E-state index is 12.4. The number of ether oxygens (including phenoxy) is 2. The third-order valence-electron chi connectivity index (χ3n) is 5.03. The van der Waals surface area contributed by atoms with E-state index in [-0.39, 0.29) is 18.0 Å². The molecule has 8 nitrogen and oxygen atoms in total. The van der Waals surface area contributed by atoms with Crippen molar-refractivity contribution >= 4 is 34.9 Å². The third-order valence-corrected chi connectivity index (χ3v) is 5.35. The summed E-state index contributed by atoms with van der Waals surface area (Å²) < 4.78 is 11.0. The number of morpholine rings is 1. The summed E-state index contributed by atoms with van der Waals surface area (Å²) in [6.45, 7) is 6.62. The highest BCUT2D eigenvalue weighted by Crippen LogP contribution is 2.25. The van der Waals surface area contributed by atoms with E-state index in [0.717, 1.165) is 45.9 Å². The number of rotatable bonds is 6. The first kappa shape index (κ1) is 20.9. The number of hydrogen-bond donors (Lipinski definition) is 3. The first-order chi connectivity index (χ1) is 13.5. The molecule has 2 aliphatic heterocycles. The van der Waals surface area contributed by atoms with Gasteiger partial charge in [0.05, 0.1) is 30.5 Å². The van der Waals surface area contributed by atoms with Gasteiger partial charge in [0.25, 0.3) is 0 Å². The van der Waals surface area contributed by atoms with E-state index in [1.807, 2.05) is 0 Å². The van der Waals surface area contributed by atoms with Crippen LogP contribution in [0.25, 0.3) is 0 Å². The van der Waals surface area contributed by atoms with Crippen LogP contribution in [0.4, 0.5) is 16.2 Å². The lowest BCUT2D eigenvalue weighted by molar-refractivity contribution is -0.114. The molecule has 1 aromatic carbocycles. The second-order valence-electron chi connectivity index (χ2n) is 7.05. The molecule has 2 aliphatic rings. The lowest BCUT2D eigenvalue weighted by Gasteiger charge is -2.37. The van der Waals surface area contributed by atoms with Gasteiger partial charge in [0.2, 0.25) is 5.91 Å². The molecular weight excluding hydrogens is 384 g/mol. The second kappa shape index (κ2) is 10.1. The van der Waals surface area contributed by atoms with Crippen LogP contribution in [0, 0.1) is 5.92 Å². The van der Waals surface area contributed by atoms with Crippen LogP contribution in [0.15, 0.2) is 18.2 Å². The minimum absolute atomic E-state index is 0.203. The summed E-state index contributed by atoms with van der Waals surface area (Å²) in [5.74, 6) is 0.204. The smallest absolute Gasteiger partial charge is 0.319 e. The van der Waals surface area contributed by atoms with Crippen LogP contribution in [0.3, 0.4) is 0 Å². The topological polar surface area (TPSA) is 91.9 Å². The molecule has 3 N–H and O–H groups in total. The predicted molar refractivity (Wildman–Crippen MR) is 108 cm³/mol. The minimum Gasteiger partial charge on any atom is -0.381 e. The minimum atomic E-state index is -0.291. The molecule has 0 spiro atoms. The average molecular weight is 411 g/mol. The lowest BCUT2D eigenvalue weighted by atomic mass is 9.97. The van der Waals surface area contributed by atoms with Crippen molar-refractivity contribution in [2.24, 2.45) is 5.92 Å². The maximum Gasteiger partial charge on any atom is 0.319 e. The highest BCUT2D eigenvalue weighted by atomic mass is 35.5. The molecule has 0 unspecified atom stereocenters. The fraction of sp³-hybridized carbons (Fsp3) is 0.579. The molecule has 3 amide bonds. The van der Waals surface area contributed by atoms with E-state index in [4.69, 9.17) is 21.1 Å². The average Bonchev–Trinajstić information content (AvgIpc) is 3.19. The highest BCUT2D eigenvalue weighted by Gasteiger charge is 2.31. The van der Waals surface area contributed by atoms with Crippen molar-refractivity contribution in [2.45, 2.75) is 19.4 Å². The molecule has 0 bridgehead atoms. The molecule has 2 saturated heterocycles. The van der Waals surface area contributed by atoms with Gasteiger partial charge in [-0.15, -0.1) is 0 Å². The van der Waals surface area contributed by atoms with Gasteiger partial charge in [-0.25, -0.2) is 4.79 Å². The van der Waals surface area contributed by atoms with Crippen molar-refractivity contribution in [3.05, 3.63) is 23.2 Å². The van der Waals surface area contributed by atoms with Crippen LogP contribution < -0.4 is 16.0 Å². The Hall–Kier alpha value is -1.87. The van der Waals surface area contributed by atoms with E-state index in [2.05, 4.69) is 20.9 Å². The van der Waals surface area contributed by atoms with Gasteiger partial charge in [-0.2, -0.15) is 0 Å². The Bertz CT molecular complexity index is 691. The Morgan fingerprint density at radius 2 is 2.00 bits per heavy atom. The van der Waals surface area contributed by atoms with Crippen LogP contribution in [0.1, 0.15) is 13.3 Å². The zero-order valence-electron chi connectivity index (χ0n) is 16.0. The predicted octanol–water partition coefficient (Wildman–Crippen LogP) is 2.16. The maximum atomic E-state index is 12.4. The Balaban J connectivity index is 1.55. The quantitative estimate of drug-likeness (QED) is 0.668. The second-order valence-corrected chi connectivity index (χ2v) is 7.46. The number of amides is 3. The lowest BCUT2D eigenvalue weighted by Crippen LogP contribution is -2.52. The van der Waals surface area contributed by atoms with E-state index < -0.39 is 0 Å². The number of carbonyl (C=O) groups excluding carboxylic acids is 2. The molecule has 9 heteroatoms. The summed E-state index contributed by atoms with van der Waals surface area (Å²) in [7, 11) is 0. The fourth-order valence-corrected chi connectivity index (χ4v) is 3.84. The standard InChI is InChI=1S/C19H27ClN4O4/c1-13(25)22-17-3-2-15(10-16(17)20)23-19(26)21-11-18(14-4-7-28-12-14)24-5-8-27-9-6-24/h2-3,10,14,18H,4-9,11-12H2,1H3,(H,22,25)(H2,21,23,26)/t14-,18-/m1/s1. The van der Waals surface area contributed by atoms with Crippen molar-refractivity contribution in [1.82, 2.24) is 10.2 Å². The summed E-state index contributed by atoms with van der Waals surface area (Å²) in [4.78, 5) is 25.9. The SMILES string of the molecule is CC(=O)Nc1ccc(NC(=O)NC[C@H]([C@@H]2CCOC2)N2CCOCC2)cc1Cl. The van der Waals surface area contributed by atoms with Gasteiger partial charge in [0.15, 0.2) is 0 Å². The number of nitrogens with one attached hydrogen (secondary N) is 3. The molecule has 2 heterocycles. The van der Waals surface area contributed by atoms with Gasteiger partial charge in [0.1, 0.15) is 0 Å². The number of urea groups is 1. The molecule has 2 fully saturated rings. The first-order valence-corrected chi connectivity index (χ1v) is 9.92. The van der Waals surface area contributed by atoms with Crippen molar-refractivity contribution in [1.29, 1.82) is 0 Å². The number of hydrogen-bond acceptors (Lipinski definition) is 5. The summed E-state index contributed by atoms with van der Waals surface area (Å²) >= 11 is 6.15. The monoisotopic (exact) mass is 410 g/mol. The number of benzene rings is 1. The van der Waals surface area contributed by atoms with Gasteiger partial charge >= 0.3 is 6.03 Å². The largest absolute Gasteiger partial charge is 0.381 e. The molecule has 3 rings (SSSR count). The Labute approximate surface area is 169 Å². The van der Waals surface area contributed by atoms with E-state index in [0.29, 0.717) is 28.9 Å². The van der Waals surface area contributed by atoms with E-state index >= 15 is 0 Å². The van der Waals surface area contributed by atoms with E-state index in [1.54, 1.807) is 18.2 Å². The van der Waals surface area contributed by atoms with Gasteiger partial charge in [0, 0.05) is 50.8 Å². The molecule has 0 radical (unpaired) electrons. The highest BCUT2D eigenvalue weighted by molar-refractivity contribution is 6.34. The summed E-state index contributed by atoms with van der Waals surface area (Å²) in [6, 6.07) is 4.90. The molecule has 2 atom stereocenters. The number of anilines is 2. The van der Waals surface area contributed by atoms with Gasteiger partial charge in [-0.05, 0) is 24.6 Å².